The van der Waals surface area contributed by atoms with Gasteiger partial charge in [0.1, 0.15) is 12.3 Å². The maximum Gasteiger partial charge on any atom is 0.573 e. The van der Waals surface area contributed by atoms with Gasteiger partial charge in [-0.1, -0.05) is 23.2 Å². The van der Waals surface area contributed by atoms with Crippen molar-refractivity contribution in [1.82, 2.24) is 29.1 Å². The molecule has 1 unspecified atom stereocenters. The summed E-state index contributed by atoms with van der Waals surface area (Å²) in [5.74, 6) is -1.81. The summed E-state index contributed by atoms with van der Waals surface area (Å²) in [7, 11) is 0. The lowest BCUT2D eigenvalue weighted by Crippen LogP contribution is -2.37. The number of esters is 1. The van der Waals surface area contributed by atoms with Gasteiger partial charge in [0.15, 0.2) is 29.7 Å². The lowest BCUT2D eigenvalue weighted by molar-refractivity contribution is -0.274. The summed E-state index contributed by atoms with van der Waals surface area (Å²) < 4.78 is 89.0. The molecule has 2 aromatic heterocycles. The van der Waals surface area contributed by atoms with E-state index >= 15 is 0 Å². The zero-order valence-electron chi connectivity index (χ0n) is 22.4. The van der Waals surface area contributed by atoms with Gasteiger partial charge in [-0.3, -0.25) is 9.36 Å². The summed E-state index contributed by atoms with van der Waals surface area (Å²) in [6.45, 7) is 0.820. The van der Waals surface area contributed by atoms with Crippen LogP contribution >= 0.6 is 23.2 Å². The maximum atomic E-state index is 13.2. The number of hydrogen-bond acceptors (Lipinski definition) is 8. The number of aromatic nitrogens is 6. The fraction of sp³-hybridized carbons (Fsp3) is 0.320. The summed E-state index contributed by atoms with van der Waals surface area (Å²) in [5.41, 5.74) is -0.868. The highest BCUT2D eigenvalue weighted by molar-refractivity contribution is 6.32. The minimum absolute atomic E-state index is 0.0121. The number of aliphatic hydroxyl groups is 1. The Labute approximate surface area is 253 Å². The van der Waals surface area contributed by atoms with Crippen LogP contribution in [0.2, 0.25) is 10.0 Å². The van der Waals surface area contributed by atoms with Gasteiger partial charge in [0, 0.05) is 23.6 Å². The van der Waals surface area contributed by atoms with E-state index in [1.807, 2.05) is 0 Å². The van der Waals surface area contributed by atoms with E-state index in [0.29, 0.717) is 9.59 Å². The molecule has 11 nitrogen and oxygen atoms in total. The molecule has 0 fully saturated rings. The molecule has 1 N–H and O–H groups in total. The van der Waals surface area contributed by atoms with Gasteiger partial charge in [0.2, 0.25) is 0 Å². The number of aliphatic hydroxyl groups excluding tert-OH is 1. The van der Waals surface area contributed by atoms with Crippen LogP contribution in [0.3, 0.4) is 0 Å². The van der Waals surface area contributed by atoms with Crippen LogP contribution in [-0.4, -0.2) is 58.8 Å². The molecule has 2 aromatic carbocycles. The molecule has 4 aromatic rings. The zero-order chi connectivity index (χ0) is 32.6. The summed E-state index contributed by atoms with van der Waals surface area (Å²) >= 11 is 12.1. The average Bonchev–Trinajstić information content (AvgIpc) is 3.44. The molecule has 236 valence electrons. The van der Waals surface area contributed by atoms with Gasteiger partial charge in [-0.05, 0) is 43.3 Å². The van der Waals surface area contributed by atoms with Crippen LogP contribution in [0.15, 0.2) is 47.3 Å². The first-order chi connectivity index (χ1) is 20.4. The van der Waals surface area contributed by atoms with E-state index < -0.39 is 55.2 Å². The quantitative estimate of drug-likeness (QED) is 0.193. The Kier molecular flexibility index (Phi) is 9.32. The predicted molar refractivity (Wildman–Crippen MR) is 141 cm³/mol. The monoisotopic (exact) mass is 668 g/mol. The Hall–Kier alpha value is -4.09. The zero-order valence-corrected chi connectivity index (χ0v) is 23.9. The number of alkyl halides is 6. The number of carbonyl (C=O) groups excluding carboxylic acids is 1. The minimum Gasteiger partial charge on any atom is -0.455 e. The molecule has 0 bridgehead atoms. The molecule has 0 radical (unpaired) electrons. The van der Waals surface area contributed by atoms with E-state index in [0.717, 1.165) is 34.5 Å². The molecule has 44 heavy (non-hydrogen) atoms. The third-order valence-electron chi connectivity index (χ3n) is 5.81. The van der Waals surface area contributed by atoms with Crippen molar-refractivity contribution in [3.8, 4) is 22.8 Å². The van der Waals surface area contributed by atoms with Crippen molar-refractivity contribution < 1.29 is 45.7 Å². The van der Waals surface area contributed by atoms with Crippen LogP contribution in [0.4, 0.5) is 26.3 Å². The molecule has 19 heteroatoms. The highest BCUT2D eigenvalue weighted by atomic mass is 35.5. The number of halogens is 8. The Morgan fingerprint density at radius 2 is 1.70 bits per heavy atom. The Bertz CT molecular complexity index is 1720. The van der Waals surface area contributed by atoms with Crippen LogP contribution in [0.1, 0.15) is 31.6 Å². The number of benzene rings is 2. The Morgan fingerprint density at radius 3 is 2.27 bits per heavy atom. The number of nitrogens with zero attached hydrogens (tertiary/aromatic N) is 6. The molecule has 0 saturated carbocycles. The first-order valence-electron chi connectivity index (χ1n) is 12.3. The van der Waals surface area contributed by atoms with Gasteiger partial charge >= 0.3 is 24.2 Å². The fourth-order valence-electron chi connectivity index (χ4n) is 3.97. The summed E-state index contributed by atoms with van der Waals surface area (Å²) in [5, 5.41) is 18.1. The van der Waals surface area contributed by atoms with E-state index in [9.17, 15) is 41.0 Å². The molecule has 0 aliphatic rings. The number of carbonyl (C=O) groups is 1. The van der Waals surface area contributed by atoms with Gasteiger partial charge in [0.25, 0.3) is 0 Å². The van der Waals surface area contributed by atoms with Gasteiger partial charge in [-0.15, -0.1) is 23.4 Å². The molecule has 2 atom stereocenters. The van der Waals surface area contributed by atoms with Crippen LogP contribution in [-0.2, 0) is 22.6 Å². The largest absolute Gasteiger partial charge is 0.573 e. The predicted octanol–water partition coefficient (Wildman–Crippen LogP) is 5.09. The third-order valence-corrected chi connectivity index (χ3v) is 6.37. The van der Waals surface area contributed by atoms with Gasteiger partial charge in [-0.2, -0.15) is 13.2 Å². The lowest BCUT2D eigenvalue weighted by Gasteiger charge is -2.15. The molecule has 0 spiro atoms. The topological polar surface area (TPSA) is 126 Å². The first kappa shape index (κ1) is 32.8. The lowest BCUT2D eigenvalue weighted by atomic mass is 10.2. The van der Waals surface area contributed by atoms with Crippen molar-refractivity contribution in [2.24, 2.45) is 0 Å². The highest BCUT2D eigenvalue weighted by Crippen LogP contribution is 2.31. The van der Waals surface area contributed by atoms with Gasteiger partial charge in [0.05, 0.1) is 17.3 Å². The maximum absolute atomic E-state index is 13.2. The smallest absolute Gasteiger partial charge is 0.455 e. The standard InChI is InChI=1S/C25H20Cl2F6N6O5/c1-12(43-13(2)40)21-34-20(35-39(21)18-8-7-16(9-17(18)27)44-25(31,32)33)11-38-23(42)37(10-19(41)24(28,29)30)22(36-38)14-3-5-15(26)6-4-14/h3-9,12,19,41H,10-11H2,1-2H3/t12?,19-/m0/s1. The van der Waals surface area contributed by atoms with Crippen molar-refractivity contribution in [3.05, 3.63) is 74.6 Å². The number of ether oxygens (including phenoxy) is 2. The van der Waals surface area contributed by atoms with E-state index in [2.05, 4.69) is 19.9 Å². The van der Waals surface area contributed by atoms with E-state index in [4.69, 9.17) is 27.9 Å². The molecular formula is C25H20Cl2F6N6O5. The van der Waals surface area contributed by atoms with Crippen molar-refractivity contribution in [2.75, 3.05) is 0 Å². The van der Waals surface area contributed by atoms with E-state index in [1.54, 1.807) is 0 Å². The normalized spacial score (nSPS) is 13.5. The number of hydrogen-bond donors (Lipinski definition) is 1. The van der Waals surface area contributed by atoms with Crippen LogP contribution < -0.4 is 10.4 Å². The van der Waals surface area contributed by atoms with Crippen LogP contribution in [0.5, 0.6) is 5.75 Å². The second-order valence-corrected chi connectivity index (χ2v) is 9.99. The fourth-order valence-corrected chi connectivity index (χ4v) is 4.34. The van der Waals surface area contributed by atoms with E-state index in [1.165, 1.54) is 31.2 Å². The van der Waals surface area contributed by atoms with Gasteiger partial charge in [-0.25, -0.2) is 19.1 Å². The van der Waals surface area contributed by atoms with Gasteiger partial charge < -0.3 is 14.6 Å². The molecule has 4 rings (SSSR count). The molecule has 0 aliphatic carbocycles. The molecule has 2 heterocycles. The molecule has 0 amide bonds. The van der Waals surface area contributed by atoms with Crippen molar-refractivity contribution >= 4 is 29.2 Å². The highest BCUT2D eigenvalue weighted by Gasteiger charge is 2.39. The van der Waals surface area contributed by atoms with Crippen molar-refractivity contribution in [2.45, 2.75) is 51.7 Å². The molecule has 0 saturated heterocycles. The van der Waals surface area contributed by atoms with Crippen LogP contribution in [0, 0.1) is 0 Å². The van der Waals surface area contributed by atoms with Crippen molar-refractivity contribution in [3.63, 3.8) is 0 Å². The number of rotatable bonds is 9. The van der Waals surface area contributed by atoms with Crippen molar-refractivity contribution in [1.29, 1.82) is 0 Å². The first-order valence-corrected chi connectivity index (χ1v) is 13.1. The van der Waals surface area contributed by atoms with Crippen LogP contribution in [0.25, 0.3) is 17.1 Å². The summed E-state index contributed by atoms with van der Waals surface area (Å²) in [6.07, 6.45) is -14.0. The molecular weight excluding hydrogens is 649 g/mol. The molecule has 0 aliphatic heterocycles. The summed E-state index contributed by atoms with van der Waals surface area (Å²) in [6, 6.07) is 8.60. The Morgan fingerprint density at radius 1 is 1.05 bits per heavy atom. The third kappa shape index (κ3) is 7.70. The summed E-state index contributed by atoms with van der Waals surface area (Å²) in [4.78, 5) is 29.1. The second kappa shape index (κ2) is 12.5. The van der Waals surface area contributed by atoms with E-state index in [-0.39, 0.29) is 33.7 Å². The second-order valence-electron chi connectivity index (χ2n) is 9.15. The Balaban J connectivity index is 1.79. The SMILES string of the molecule is CC(=O)OC(C)c1nc(Cn2nc(-c3ccc(Cl)cc3)n(C[C@H](O)C(F)(F)F)c2=O)nn1-c1ccc(OC(F)(F)F)cc1Cl. The minimum atomic E-state index is -5.04. The average molecular weight is 669 g/mol.